The number of carboxylic acid groups (broad SMARTS) is 1. The third-order valence-corrected chi connectivity index (χ3v) is 4.24. The Hall–Kier alpha value is -3.23. The minimum atomic E-state index is -1.41. The summed E-state index contributed by atoms with van der Waals surface area (Å²) in [7, 11) is 0. The molecule has 0 unspecified atom stereocenters. The molecule has 0 bridgehead atoms. The smallest absolute Gasteiger partial charge is 0.288 e. The van der Waals surface area contributed by atoms with Gasteiger partial charge in [-0.05, 0) is 35.4 Å². The summed E-state index contributed by atoms with van der Waals surface area (Å²) in [5.41, 5.74) is -0.478. The topological polar surface area (TPSA) is 129 Å². The molecule has 0 saturated heterocycles. The first-order valence-electron chi connectivity index (χ1n) is 7.33. The lowest BCUT2D eigenvalue weighted by atomic mass is 10.1. The minimum Gasteiger partial charge on any atom is -0.545 e. The molecule has 1 heterocycles. The van der Waals surface area contributed by atoms with Gasteiger partial charge >= 0.3 is 0 Å². The summed E-state index contributed by atoms with van der Waals surface area (Å²) in [6, 6.07) is 7.82. The number of H-pyrrole nitrogens is 1. The molecule has 0 radical (unpaired) electrons. The van der Waals surface area contributed by atoms with Crippen molar-refractivity contribution in [2.75, 3.05) is 0 Å². The number of carboxylic acids is 1. The summed E-state index contributed by atoms with van der Waals surface area (Å²) < 4.78 is 0. The molecule has 0 spiro atoms. The SMILES string of the molecule is O=C([O-])c1ccc2c(=O)[nH]c(/C(Cl)=C/c3ccc(Cl)c([N+](=O)[O-])c3)nc2c1. The van der Waals surface area contributed by atoms with Crippen LogP contribution in [0.5, 0.6) is 0 Å². The highest BCUT2D eigenvalue weighted by atomic mass is 35.5. The fourth-order valence-electron chi connectivity index (χ4n) is 2.35. The van der Waals surface area contributed by atoms with Gasteiger partial charge in [0.05, 0.1) is 26.8 Å². The van der Waals surface area contributed by atoms with Gasteiger partial charge in [-0.25, -0.2) is 4.98 Å². The number of nitro benzene ring substituents is 1. The van der Waals surface area contributed by atoms with Gasteiger partial charge < -0.3 is 14.9 Å². The van der Waals surface area contributed by atoms with Crippen LogP contribution < -0.4 is 10.7 Å². The van der Waals surface area contributed by atoms with Crippen molar-refractivity contribution < 1.29 is 14.8 Å². The fraction of sp³-hybridized carbons (Fsp3) is 0. The maximum absolute atomic E-state index is 12.2. The zero-order chi connectivity index (χ0) is 19.7. The van der Waals surface area contributed by atoms with Crippen LogP contribution in [-0.4, -0.2) is 20.9 Å². The number of rotatable bonds is 4. The van der Waals surface area contributed by atoms with E-state index in [1.807, 2.05) is 0 Å². The zero-order valence-electron chi connectivity index (χ0n) is 13.2. The van der Waals surface area contributed by atoms with Crippen LogP contribution in [0.3, 0.4) is 0 Å². The number of hydrogen-bond donors (Lipinski definition) is 1. The van der Waals surface area contributed by atoms with E-state index in [-0.39, 0.29) is 38.0 Å². The normalized spacial score (nSPS) is 11.6. The average Bonchev–Trinajstić information content (AvgIpc) is 2.62. The Morgan fingerprint density at radius 2 is 1.96 bits per heavy atom. The van der Waals surface area contributed by atoms with Gasteiger partial charge in [0.1, 0.15) is 5.02 Å². The van der Waals surface area contributed by atoms with Crippen LogP contribution in [0.1, 0.15) is 21.7 Å². The van der Waals surface area contributed by atoms with Crippen LogP contribution in [0, 0.1) is 10.1 Å². The molecule has 0 fully saturated rings. The molecule has 27 heavy (non-hydrogen) atoms. The van der Waals surface area contributed by atoms with E-state index < -0.39 is 16.5 Å². The summed E-state index contributed by atoms with van der Waals surface area (Å²) in [5, 5.41) is 22.1. The number of benzene rings is 2. The van der Waals surface area contributed by atoms with Crippen LogP contribution in [0.4, 0.5) is 5.69 Å². The van der Waals surface area contributed by atoms with Gasteiger partial charge in [-0.15, -0.1) is 0 Å². The quantitative estimate of drug-likeness (QED) is 0.525. The largest absolute Gasteiger partial charge is 0.545 e. The molecule has 10 heteroatoms. The number of nitrogens with one attached hydrogen (secondary N) is 1. The van der Waals surface area contributed by atoms with Crippen LogP contribution >= 0.6 is 23.2 Å². The first-order valence-corrected chi connectivity index (χ1v) is 8.09. The van der Waals surface area contributed by atoms with Crippen molar-refractivity contribution in [3.8, 4) is 0 Å². The Labute approximate surface area is 160 Å². The van der Waals surface area contributed by atoms with Crippen molar-refractivity contribution >= 4 is 56.9 Å². The van der Waals surface area contributed by atoms with E-state index in [4.69, 9.17) is 23.2 Å². The number of hydrogen-bond acceptors (Lipinski definition) is 6. The number of halogens is 2. The van der Waals surface area contributed by atoms with Crippen LogP contribution in [0.15, 0.2) is 41.2 Å². The number of nitro groups is 1. The number of carbonyl (C=O) groups is 1. The molecule has 136 valence electrons. The maximum atomic E-state index is 12.2. The summed E-state index contributed by atoms with van der Waals surface area (Å²) >= 11 is 11.9. The van der Waals surface area contributed by atoms with Crippen molar-refractivity contribution in [1.82, 2.24) is 9.97 Å². The van der Waals surface area contributed by atoms with Crippen LogP contribution in [0.25, 0.3) is 22.0 Å². The molecule has 1 N–H and O–H groups in total. The van der Waals surface area contributed by atoms with Gasteiger partial charge in [0.25, 0.3) is 11.2 Å². The Bertz CT molecular complexity index is 1190. The van der Waals surface area contributed by atoms with E-state index in [0.29, 0.717) is 5.56 Å². The molecule has 0 amide bonds. The number of nitrogens with zero attached hydrogens (tertiary/aromatic N) is 2. The highest BCUT2D eigenvalue weighted by Gasteiger charge is 2.13. The zero-order valence-corrected chi connectivity index (χ0v) is 14.7. The highest BCUT2D eigenvalue weighted by Crippen LogP contribution is 2.28. The average molecular weight is 405 g/mol. The summed E-state index contributed by atoms with van der Waals surface area (Å²) in [5.74, 6) is -1.43. The molecule has 0 aliphatic carbocycles. The molecule has 0 aliphatic heterocycles. The predicted molar refractivity (Wildman–Crippen MR) is 98.5 cm³/mol. The second-order valence-corrected chi connectivity index (χ2v) is 6.21. The van der Waals surface area contributed by atoms with Gasteiger partial charge in [-0.2, -0.15) is 0 Å². The van der Waals surface area contributed by atoms with Gasteiger partial charge in [-0.1, -0.05) is 35.3 Å². The van der Waals surface area contributed by atoms with Gasteiger partial charge in [0.2, 0.25) is 0 Å². The molecule has 0 atom stereocenters. The number of aromatic amines is 1. The van der Waals surface area contributed by atoms with Crippen molar-refractivity contribution in [2.24, 2.45) is 0 Å². The Balaban J connectivity index is 2.10. The summed E-state index contributed by atoms with van der Waals surface area (Å²) in [6.45, 7) is 0. The Morgan fingerprint density at radius 3 is 2.63 bits per heavy atom. The number of fused-ring (bicyclic) bond motifs is 1. The van der Waals surface area contributed by atoms with Crippen molar-refractivity contribution in [2.45, 2.75) is 0 Å². The maximum Gasteiger partial charge on any atom is 0.288 e. The van der Waals surface area contributed by atoms with Crippen molar-refractivity contribution in [1.29, 1.82) is 0 Å². The molecule has 3 aromatic rings. The first kappa shape index (κ1) is 18.6. The molecule has 1 aromatic heterocycles. The lowest BCUT2D eigenvalue weighted by molar-refractivity contribution is -0.384. The number of aromatic carboxylic acids is 1. The summed E-state index contributed by atoms with van der Waals surface area (Å²) in [4.78, 5) is 40.1. The van der Waals surface area contributed by atoms with E-state index in [1.54, 1.807) is 0 Å². The van der Waals surface area contributed by atoms with Gasteiger partial charge in [0, 0.05) is 6.07 Å². The van der Waals surface area contributed by atoms with Crippen molar-refractivity contribution in [3.63, 3.8) is 0 Å². The highest BCUT2D eigenvalue weighted by molar-refractivity contribution is 6.50. The van der Waals surface area contributed by atoms with Gasteiger partial charge in [-0.3, -0.25) is 14.9 Å². The first-order chi connectivity index (χ1) is 12.8. The molecule has 3 rings (SSSR count). The third-order valence-electron chi connectivity index (χ3n) is 3.63. The molecule has 0 aliphatic rings. The molecular weight excluding hydrogens is 397 g/mol. The predicted octanol–water partition coefficient (Wildman–Crippen LogP) is 2.59. The standard InChI is InChI=1S/C17H9Cl2N3O5/c18-11-4-1-8(6-14(11)22(26)27)5-12(19)15-20-13-7-9(17(24)25)2-3-10(13)16(23)21-15/h1-7H,(H,24,25)(H,20,21,23)/p-1/b12-5-. The van der Waals surface area contributed by atoms with Crippen molar-refractivity contribution in [3.05, 3.63) is 78.8 Å². The van der Waals surface area contributed by atoms with E-state index in [9.17, 15) is 24.8 Å². The van der Waals surface area contributed by atoms with E-state index in [1.165, 1.54) is 42.5 Å². The van der Waals surface area contributed by atoms with E-state index in [2.05, 4.69) is 9.97 Å². The Morgan fingerprint density at radius 1 is 1.22 bits per heavy atom. The second-order valence-electron chi connectivity index (χ2n) is 5.39. The third kappa shape index (κ3) is 3.81. The van der Waals surface area contributed by atoms with E-state index >= 15 is 0 Å². The second kappa shape index (κ2) is 7.18. The minimum absolute atomic E-state index is 0.00975. The van der Waals surface area contributed by atoms with Crippen LogP contribution in [-0.2, 0) is 0 Å². The molecule has 2 aromatic carbocycles. The van der Waals surface area contributed by atoms with E-state index in [0.717, 1.165) is 0 Å². The Kier molecular flexibility index (Phi) is 4.93. The van der Waals surface area contributed by atoms with Crippen LogP contribution in [0.2, 0.25) is 5.02 Å². The lowest BCUT2D eigenvalue weighted by Crippen LogP contribution is -2.22. The number of carbonyl (C=O) groups excluding carboxylic acids is 1. The lowest BCUT2D eigenvalue weighted by Gasteiger charge is -2.06. The fourth-order valence-corrected chi connectivity index (χ4v) is 2.76. The summed E-state index contributed by atoms with van der Waals surface area (Å²) in [6.07, 6.45) is 1.36. The molecular formula is C17H8Cl2N3O5-. The molecule has 0 saturated carbocycles. The molecule has 8 nitrogen and oxygen atoms in total. The monoisotopic (exact) mass is 404 g/mol. The number of aromatic nitrogens is 2. The van der Waals surface area contributed by atoms with Gasteiger partial charge in [0.15, 0.2) is 5.82 Å².